The molecule has 12 atom stereocenters. The number of carbonyl (C=O) groups excluding carboxylic acids is 2. The first-order valence-electron chi connectivity index (χ1n) is 17.1. The lowest BCUT2D eigenvalue weighted by Crippen LogP contribution is -2.62. The van der Waals surface area contributed by atoms with E-state index in [1.165, 1.54) is 0 Å². The number of aliphatic hydroxyl groups excluding tert-OH is 2. The van der Waals surface area contributed by atoms with Gasteiger partial charge in [0.25, 0.3) is 0 Å². The van der Waals surface area contributed by atoms with Crippen LogP contribution < -0.4 is 0 Å². The predicted octanol–water partition coefficient (Wildman–Crippen LogP) is 6.84. The van der Waals surface area contributed by atoms with E-state index in [0.29, 0.717) is 30.1 Å². The Morgan fingerprint density at radius 2 is 1.63 bits per heavy atom. The zero-order valence-corrected chi connectivity index (χ0v) is 26.7. The van der Waals surface area contributed by atoms with Crippen LogP contribution in [0.2, 0.25) is 0 Å². The lowest BCUT2D eigenvalue weighted by molar-refractivity contribution is -0.210. The molecule has 0 amide bonds. The van der Waals surface area contributed by atoms with Crippen LogP contribution >= 0.6 is 0 Å². The number of ether oxygens (including phenoxy) is 2. The Bertz CT molecular complexity index is 958. The molecular formula is C35H58O6. The van der Waals surface area contributed by atoms with E-state index in [1.807, 2.05) is 13.8 Å². The maximum atomic E-state index is 12.7. The molecule has 0 heterocycles. The van der Waals surface area contributed by atoms with Gasteiger partial charge in [0.15, 0.2) is 0 Å². The first-order chi connectivity index (χ1) is 19.3. The smallest absolute Gasteiger partial charge is 0.308 e. The van der Waals surface area contributed by atoms with Gasteiger partial charge in [-0.15, -0.1) is 0 Å². The van der Waals surface area contributed by atoms with Crippen molar-refractivity contribution in [2.24, 2.45) is 52.3 Å². The molecule has 5 fully saturated rings. The van der Waals surface area contributed by atoms with Crippen LogP contribution in [0.3, 0.4) is 0 Å². The Kier molecular flexibility index (Phi) is 8.97. The van der Waals surface area contributed by atoms with Crippen LogP contribution in [0.5, 0.6) is 0 Å². The van der Waals surface area contributed by atoms with Crippen molar-refractivity contribution in [3.05, 3.63) is 0 Å². The lowest BCUT2D eigenvalue weighted by atomic mass is 9.43. The third-order valence-electron chi connectivity index (χ3n) is 13.6. The van der Waals surface area contributed by atoms with Crippen LogP contribution in [0.15, 0.2) is 0 Å². The largest absolute Gasteiger partial charge is 0.462 e. The number of hydrogen-bond donors (Lipinski definition) is 2. The van der Waals surface area contributed by atoms with E-state index in [9.17, 15) is 19.8 Å². The Morgan fingerprint density at radius 3 is 2.32 bits per heavy atom. The summed E-state index contributed by atoms with van der Waals surface area (Å²) in [5, 5.41) is 23.6. The number of hydrogen-bond acceptors (Lipinski definition) is 6. The van der Waals surface area contributed by atoms with Crippen molar-refractivity contribution < 1.29 is 29.3 Å². The fourth-order valence-electron chi connectivity index (χ4n) is 10.8. The van der Waals surface area contributed by atoms with Gasteiger partial charge in [-0.1, -0.05) is 34.6 Å². The standard InChI is InChI=1S/C35H58O6/c1-7-21(2)32(39)40-24-14-17-34(5)23(18-24)19-28(36)31-26-12-11-25(35(26,6)29(37)20-27(31)34)22(3)10-13-30(38)41-33(4)15-8-9-16-33/h21-29,31,36-37H,7-20H2,1-6H3/t21?,22?,23?,24-,25?,26?,27?,28?,29-,31?,34-,35+/m0/s1. The second-order valence-corrected chi connectivity index (χ2v) is 15.9. The first-order valence-corrected chi connectivity index (χ1v) is 17.1. The van der Waals surface area contributed by atoms with Crippen LogP contribution in [-0.4, -0.2) is 46.1 Å². The van der Waals surface area contributed by atoms with Gasteiger partial charge in [-0.25, -0.2) is 0 Å². The van der Waals surface area contributed by atoms with E-state index >= 15 is 0 Å². The molecule has 5 aliphatic rings. The third-order valence-corrected chi connectivity index (χ3v) is 13.6. The molecule has 0 spiro atoms. The zero-order valence-electron chi connectivity index (χ0n) is 26.7. The SMILES string of the molecule is CCC(C)C(=O)O[C@H]1CC[C@@]2(C)C(CC(O)C3C2C[C@H](O)[C@]2(C)C(C(C)CCC(=O)OC4(C)CCCC4)CCC32)C1. The van der Waals surface area contributed by atoms with Crippen LogP contribution in [0.4, 0.5) is 0 Å². The minimum absolute atomic E-state index is 0.0509. The highest BCUT2D eigenvalue weighted by Crippen LogP contribution is 2.68. The highest BCUT2D eigenvalue weighted by Gasteiger charge is 2.65. The molecule has 5 aliphatic carbocycles. The Balaban J connectivity index is 1.25. The predicted molar refractivity (Wildman–Crippen MR) is 159 cm³/mol. The number of carbonyl (C=O) groups is 2. The van der Waals surface area contributed by atoms with Gasteiger partial charge in [-0.3, -0.25) is 9.59 Å². The van der Waals surface area contributed by atoms with Crippen molar-refractivity contribution in [3.8, 4) is 0 Å². The summed E-state index contributed by atoms with van der Waals surface area (Å²) in [6.45, 7) is 13.0. The first kappa shape index (κ1) is 31.3. The van der Waals surface area contributed by atoms with Crippen LogP contribution in [0.25, 0.3) is 0 Å². The van der Waals surface area contributed by atoms with Crippen molar-refractivity contribution in [1.29, 1.82) is 0 Å². The molecule has 2 N–H and O–H groups in total. The number of aliphatic hydroxyl groups is 2. The Labute approximate surface area is 248 Å². The van der Waals surface area contributed by atoms with Gasteiger partial charge in [-0.2, -0.15) is 0 Å². The van der Waals surface area contributed by atoms with Gasteiger partial charge in [0.2, 0.25) is 0 Å². The Hall–Kier alpha value is -1.14. The van der Waals surface area contributed by atoms with Crippen LogP contribution in [0.1, 0.15) is 131 Å². The highest BCUT2D eigenvalue weighted by molar-refractivity contribution is 5.72. The van der Waals surface area contributed by atoms with Crippen LogP contribution in [0, 0.1) is 52.3 Å². The molecule has 0 saturated heterocycles. The molecule has 0 aliphatic heterocycles. The summed E-state index contributed by atoms with van der Waals surface area (Å²) in [6.07, 6.45) is 11.7. The Morgan fingerprint density at radius 1 is 0.927 bits per heavy atom. The maximum Gasteiger partial charge on any atom is 0.308 e. The summed E-state index contributed by atoms with van der Waals surface area (Å²) < 4.78 is 11.8. The molecule has 41 heavy (non-hydrogen) atoms. The van der Waals surface area contributed by atoms with Crippen molar-refractivity contribution in [3.63, 3.8) is 0 Å². The second-order valence-electron chi connectivity index (χ2n) is 15.9. The quantitative estimate of drug-likeness (QED) is 0.309. The molecule has 0 radical (unpaired) electrons. The van der Waals surface area contributed by atoms with Crippen molar-refractivity contribution in [1.82, 2.24) is 0 Å². The summed E-state index contributed by atoms with van der Waals surface area (Å²) >= 11 is 0. The van der Waals surface area contributed by atoms with E-state index in [0.717, 1.165) is 83.5 Å². The average Bonchev–Trinajstić information content (AvgIpc) is 3.51. The molecule has 6 heteroatoms. The van der Waals surface area contributed by atoms with Crippen molar-refractivity contribution in [2.75, 3.05) is 0 Å². The fourth-order valence-corrected chi connectivity index (χ4v) is 10.8. The second kappa shape index (κ2) is 11.7. The average molecular weight is 575 g/mol. The van der Waals surface area contributed by atoms with Crippen molar-refractivity contribution >= 4 is 11.9 Å². The minimum atomic E-state index is -0.406. The highest BCUT2D eigenvalue weighted by atomic mass is 16.6. The summed E-state index contributed by atoms with van der Waals surface area (Å²) in [7, 11) is 0. The topological polar surface area (TPSA) is 93.1 Å². The molecule has 0 aromatic carbocycles. The normalized spacial score (nSPS) is 44.7. The van der Waals surface area contributed by atoms with E-state index < -0.39 is 6.10 Å². The number of esters is 2. The fraction of sp³-hybridized carbons (Fsp3) is 0.943. The summed E-state index contributed by atoms with van der Waals surface area (Å²) in [5.74, 6) is 1.51. The van der Waals surface area contributed by atoms with Crippen molar-refractivity contribution in [2.45, 2.75) is 155 Å². The maximum absolute atomic E-state index is 12.7. The van der Waals surface area contributed by atoms with E-state index in [1.54, 1.807) is 0 Å². The molecule has 8 unspecified atom stereocenters. The van der Waals surface area contributed by atoms with E-state index in [-0.39, 0.29) is 58.3 Å². The number of fused-ring (bicyclic) bond motifs is 5. The molecule has 0 bridgehead atoms. The molecule has 0 aromatic rings. The van der Waals surface area contributed by atoms with Crippen LogP contribution in [-0.2, 0) is 19.1 Å². The van der Waals surface area contributed by atoms with Gasteiger partial charge in [0.05, 0.1) is 18.1 Å². The number of rotatable bonds is 8. The van der Waals surface area contributed by atoms with Gasteiger partial charge in [0, 0.05) is 6.42 Å². The summed E-state index contributed by atoms with van der Waals surface area (Å²) in [5.41, 5.74) is -0.469. The monoisotopic (exact) mass is 574 g/mol. The molecular weight excluding hydrogens is 516 g/mol. The summed E-state index contributed by atoms with van der Waals surface area (Å²) in [4.78, 5) is 25.3. The molecule has 5 saturated carbocycles. The van der Waals surface area contributed by atoms with Gasteiger partial charge in [-0.05, 0) is 137 Å². The van der Waals surface area contributed by atoms with E-state index in [2.05, 4.69) is 27.7 Å². The lowest BCUT2D eigenvalue weighted by Gasteiger charge is -2.63. The van der Waals surface area contributed by atoms with E-state index in [4.69, 9.17) is 9.47 Å². The molecule has 0 aromatic heterocycles. The molecule has 5 rings (SSSR count). The third kappa shape index (κ3) is 5.63. The summed E-state index contributed by atoms with van der Waals surface area (Å²) in [6, 6.07) is 0. The zero-order chi connectivity index (χ0) is 29.7. The molecule has 234 valence electrons. The van der Waals surface area contributed by atoms with Gasteiger partial charge >= 0.3 is 11.9 Å². The minimum Gasteiger partial charge on any atom is -0.462 e. The van der Waals surface area contributed by atoms with Gasteiger partial charge < -0.3 is 19.7 Å². The molecule has 6 nitrogen and oxygen atoms in total. The van der Waals surface area contributed by atoms with Gasteiger partial charge in [0.1, 0.15) is 11.7 Å².